The smallest absolute Gasteiger partial charge is 0.249 e. The summed E-state index contributed by atoms with van der Waals surface area (Å²) in [6.07, 6.45) is 0.205. The Labute approximate surface area is 117 Å². The van der Waals surface area contributed by atoms with Crippen molar-refractivity contribution in [3.05, 3.63) is 24.3 Å². The number of anilines is 2. The summed E-state index contributed by atoms with van der Waals surface area (Å²) >= 11 is 0. The van der Waals surface area contributed by atoms with Crippen molar-refractivity contribution in [3.63, 3.8) is 0 Å². The van der Waals surface area contributed by atoms with Crippen molar-refractivity contribution in [1.29, 1.82) is 0 Å². The van der Waals surface area contributed by atoms with Crippen LogP contribution in [0.15, 0.2) is 24.3 Å². The Morgan fingerprint density at radius 2 is 2.00 bits per heavy atom. The lowest BCUT2D eigenvalue weighted by Crippen LogP contribution is -2.43. The van der Waals surface area contributed by atoms with Gasteiger partial charge in [-0.2, -0.15) is 0 Å². The van der Waals surface area contributed by atoms with Gasteiger partial charge in [-0.15, -0.1) is 0 Å². The quantitative estimate of drug-likeness (QED) is 0.673. The van der Waals surface area contributed by atoms with Gasteiger partial charge in [0.05, 0.1) is 6.42 Å². The molecule has 6 heteroatoms. The van der Waals surface area contributed by atoms with Gasteiger partial charge in [0.2, 0.25) is 11.8 Å². The summed E-state index contributed by atoms with van der Waals surface area (Å²) in [7, 11) is 0. The highest BCUT2D eigenvalue weighted by molar-refractivity contribution is 6.06. The molecule has 1 atom stereocenters. The topological polar surface area (TPSA) is 73.5 Å². The van der Waals surface area contributed by atoms with Crippen LogP contribution < -0.4 is 20.9 Å². The summed E-state index contributed by atoms with van der Waals surface area (Å²) in [5.41, 5.74) is 2.01. The molecule has 0 saturated carbocycles. The molecular formula is C14H18N4O2. The lowest BCUT2D eigenvalue weighted by Gasteiger charge is -2.29. The zero-order chi connectivity index (χ0) is 13.9. The van der Waals surface area contributed by atoms with E-state index in [2.05, 4.69) is 26.9 Å². The number of rotatable bonds is 3. The molecule has 2 amide bonds. The van der Waals surface area contributed by atoms with Crippen molar-refractivity contribution in [3.8, 4) is 0 Å². The second-order valence-corrected chi connectivity index (χ2v) is 5.10. The first kappa shape index (κ1) is 12.9. The number of imide groups is 1. The number of hydrogen-bond acceptors (Lipinski definition) is 5. The molecule has 2 heterocycles. The molecule has 1 aromatic carbocycles. The van der Waals surface area contributed by atoms with Crippen molar-refractivity contribution in [2.24, 2.45) is 0 Å². The fraction of sp³-hybridized carbons (Fsp3) is 0.429. The third kappa shape index (κ3) is 2.75. The molecule has 2 aliphatic heterocycles. The van der Waals surface area contributed by atoms with Gasteiger partial charge in [0.15, 0.2) is 0 Å². The van der Waals surface area contributed by atoms with Gasteiger partial charge in [0.25, 0.3) is 0 Å². The van der Waals surface area contributed by atoms with E-state index < -0.39 is 6.04 Å². The first-order valence-corrected chi connectivity index (χ1v) is 6.88. The maximum atomic E-state index is 11.6. The van der Waals surface area contributed by atoms with Crippen LogP contribution >= 0.6 is 0 Å². The van der Waals surface area contributed by atoms with Crippen LogP contribution in [-0.4, -0.2) is 44.0 Å². The van der Waals surface area contributed by atoms with Crippen molar-refractivity contribution in [1.82, 2.24) is 10.6 Å². The van der Waals surface area contributed by atoms with Gasteiger partial charge in [-0.1, -0.05) is 6.07 Å². The molecule has 0 aromatic heterocycles. The number of piperazine rings is 1. The molecule has 0 bridgehead atoms. The van der Waals surface area contributed by atoms with Gasteiger partial charge in [0, 0.05) is 37.6 Å². The average molecular weight is 274 g/mol. The van der Waals surface area contributed by atoms with E-state index in [1.807, 2.05) is 18.2 Å². The number of amides is 2. The highest BCUT2D eigenvalue weighted by Gasteiger charge is 2.30. The Bertz CT molecular complexity index is 526. The Kier molecular flexibility index (Phi) is 3.56. The van der Waals surface area contributed by atoms with E-state index in [1.54, 1.807) is 0 Å². The molecule has 2 aliphatic rings. The number of hydrogen-bond donors (Lipinski definition) is 3. The highest BCUT2D eigenvalue weighted by Crippen LogP contribution is 2.21. The van der Waals surface area contributed by atoms with Crippen molar-refractivity contribution in [2.45, 2.75) is 12.5 Å². The summed E-state index contributed by atoms with van der Waals surface area (Å²) in [6, 6.07) is 7.52. The fourth-order valence-corrected chi connectivity index (χ4v) is 2.59. The standard InChI is InChI=1S/C14H18N4O2/c19-13-9-12(14(20)17-13)16-10-2-1-3-11(8-10)18-6-4-15-5-7-18/h1-3,8,12,15-16H,4-7,9H2,(H,17,19,20). The Balaban J connectivity index is 1.71. The minimum Gasteiger partial charge on any atom is -0.373 e. The highest BCUT2D eigenvalue weighted by atomic mass is 16.2. The van der Waals surface area contributed by atoms with Gasteiger partial charge in [-0.05, 0) is 18.2 Å². The maximum absolute atomic E-state index is 11.6. The lowest BCUT2D eigenvalue weighted by molar-refractivity contribution is -0.124. The summed E-state index contributed by atoms with van der Waals surface area (Å²) in [5.74, 6) is -0.465. The van der Waals surface area contributed by atoms with E-state index in [4.69, 9.17) is 0 Å². The molecule has 0 aliphatic carbocycles. The van der Waals surface area contributed by atoms with Gasteiger partial charge >= 0.3 is 0 Å². The second-order valence-electron chi connectivity index (χ2n) is 5.10. The Morgan fingerprint density at radius 1 is 1.20 bits per heavy atom. The molecule has 106 valence electrons. The Morgan fingerprint density at radius 3 is 2.70 bits per heavy atom. The number of carbonyl (C=O) groups is 2. The lowest BCUT2D eigenvalue weighted by atomic mass is 10.2. The third-order valence-corrected chi connectivity index (χ3v) is 3.64. The molecule has 6 nitrogen and oxygen atoms in total. The zero-order valence-corrected chi connectivity index (χ0v) is 11.2. The summed E-state index contributed by atoms with van der Waals surface area (Å²) < 4.78 is 0. The van der Waals surface area contributed by atoms with Crippen LogP contribution in [0.25, 0.3) is 0 Å². The van der Waals surface area contributed by atoms with Crippen LogP contribution in [0.4, 0.5) is 11.4 Å². The molecule has 1 unspecified atom stereocenters. The van der Waals surface area contributed by atoms with Crippen LogP contribution in [0.5, 0.6) is 0 Å². The number of benzene rings is 1. The summed E-state index contributed by atoms with van der Waals surface area (Å²) in [4.78, 5) is 25.1. The molecule has 20 heavy (non-hydrogen) atoms. The van der Waals surface area contributed by atoms with Crippen molar-refractivity contribution < 1.29 is 9.59 Å². The van der Waals surface area contributed by atoms with E-state index in [9.17, 15) is 9.59 Å². The van der Waals surface area contributed by atoms with E-state index in [-0.39, 0.29) is 18.2 Å². The maximum Gasteiger partial charge on any atom is 0.249 e. The van der Waals surface area contributed by atoms with Gasteiger partial charge in [0.1, 0.15) is 6.04 Å². The van der Waals surface area contributed by atoms with E-state index in [1.165, 1.54) is 0 Å². The zero-order valence-electron chi connectivity index (χ0n) is 11.2. The summed E-state index contributed by atoms with van der Waals surface area (Å²) in [5, 5.41) is 8.75. The van der Waals surface area contributed by atoms with Gasteiger partial charge in [-0.25, -0.2) is 0 Å². The number of carbonyl (C=O) groups excluding carboxylic acids is 2. The molecule has 3 N–H and O–H groups in total. The molecular weight excluding hydrogens is 256 g/mol. The SMILES string of the molecule is O=C1CC(Nc2cccc(N3CCNCC3)c2)C(=O)N1. The van der Waals surface area contributed by atoms with Crippen LogP contribution in [0.3, 0.4) is 0 Å². The number of nitrogens with zero attached hydrogens (tertiary/aromatic N) is 1. The monoisotopic (exact) mass is 274 g/mol. The minimum absolute atomic E-state index is 0.205. The Hall–Kier alpha value is -2.08. The van der Waals surface area contributed by atoms with Gasteiger partial charge < -0.3 is 15.5 Å². The first-order chi connectivity index (χ1) is 9.72. The average Bonchev–Trinajstić information content (AvgIpc) is 2.78. The first-order valence-electron chi connectivity index (χ1n) is 6.88. The minimum atomic E-state index is -0.458. The normalized spacial score (nSPS) is 22.8. The fourth-order valence-electron chi connectivity index (χ4n) is 2.59. The summed E-state index contributed by atoms with van der Waals surface area (Å²) in [6.45, 7) is 3.92. The van der Waals surface area contributed by atoms with Crippen LogP contribution in [0.2, 0.25) is 0 Å². The predicted molar refractivity (Wildman–Crippen MR) is 76.7 cm³/mol. The van der Waals surface area contributed by atoms with Gasteiger partial charge in [-0.3, -0.25) is 14.9 Å². The van der Waals surface area contributed by atoms with E-state index in [0.29, 0.717) is 0 Å². The van der Waals surface area contributed by atoms with Crippen LogP contribution in [0, 0.1) is 0 Å². The molecule has 0 radical (unpaired) electrons. The second kappa shape index (κ2) is 5.50. The van der Waals surface area contributed by atoms with E-state index in [0.717, 1.165) is 37.6 Å². The number of nitrogens with one attached hydrogen (secondary N) is 3. The van der Waals surface area contributed by atoms with E-state index >= 15 is 0 Å². The van der Waals surface area contributed by atoms with Crippen molar-refractivity contribution >= 4 is 23.2 Å². The molecule has 1 aromatic rings. The molecule has 0 spiro atoms. The van der Waals surface area contributed by atoms with Crippen molar-refractivity contribution in [2.75, 3.05) is 36.4 Å². The molecule has 2 fully saturated rings. The largest absolute Gasteiger partial charge is 0.373 e. The van der Waals surface area contributed by atoms with Crippen LogP contribution in [0.1, 0.15) is 6.42 Å². The molecule has 2 saturated heterocycles. The molecule has 3 rings (SSSR count). The third-order valence-electron chi connectivity index (χ3n) is 3.64. The predicted octanol–water partition coefficient (Wildman–Crippen LogP) is -0.0768. The van der Waals surface area contributed by atoms with Crippen LogP contribution in [-0.2, 0) is 9.59 Å².